The maximum atomic E-state index is 5.16. The normalized spacial score (nSPS) is 9.29. The first kappa shape index (κ1) is 11.4. The van der Waals surface area contributed by atoms with E-state index in [0.717, 1.165) is 20.4 Å². The number of hydrogen-bond donors (Lipinski definition) is 1. The molecule has 0 aliphatic carbocycles. The Labute approximate surface area is 100 Å². The van der Waals surface area contributed by atoms with Crippen molar-refractivity contribution in [2.75, 3.05) is 19.0 Å². The third-order valence-electron chi connectivity index (χ3n) is 1.62. The number of terminal acetylenes is 1. The molecule has 1 N–H and O–H groups in total. The summed E-state index contributed by atoms with van der Waals surface area (Å²) in [5.74, 6) is 3.28. The highest BCUT2D eigenvalue weighted by molar-refractivity contribution is 9.11. The Balaban J connectivity index is 2.99. The van der Waals surface area contributed by atoms with E-state index in [1.165, 1.54) is 0 Å². The van der Waals surface area contributed by atoms with Crippen molar-refractivity contribution >= 4 is 37.5 Å². The van der Waals surface area contributed by atoms with E-state index in [0.29, 0.717) is 6.54 Å². The van der Waals surface area contributed by atoms with Gasteiger partial charge in [0.1, 0.15) is 5.75 Å². The maximum Gasteiger partial charge on any atom is 0.135 e. The Hall–Kier alpha value is -0.660. The Kier molecular flexibility index (Phi) is 4.30. The fourth-order valence-electron chi connectivity index (χ4n) is 0.967. The second-order valence-corrected chi connectivity index (χ2v) is 4.23. The van der Waals surface area contributed by atoms with Gasteiger partial charge in [-0.3, -0.25) is 0 Å². The number of hydrogen-bond acceptors (Lipinski definition) is 2. The summed E-state index contributed by atoms with van der Waals surface area (Å²) in [4.78, 5) is 0. The number of methoxy groups -OCH3 is 1. The van der Waals surface area contributed by atoms with Crippen molar-refractivity contribution in [3.05, 3.63) is 21.1 Å². The van der Waals surface area contributed by atoms with E-state index in [2.05, 4.69) is 43.1 Å². The molecule has 0 aliphatic heterocycles. The molecule has 0 heterocycles. The summed E-state index contributed by atoms with van der Waals surface area (Å²) in [5, 5.41) is 3.08. The van der Waals surface area contributed by atoms with Crippen molar-refractivity contribution < 1.29 is 4.74 Å². The van der Waals surface area contributed by atoms with Gasteiger partial charge >= 0.3 is 0 Å². The van der Waals surface area contributed by atoms with Gasteiger partial charge < -0.3 is 10.1 Å². The van der Waals surface area contributed by atoms with Gasteiger partial charge in [0.2, 0.25) is 0 Å². The number of rotatable bonds is 3. The van der Waals surface area contributed by atoms with Gasteiger partial charge in [-0.1, -0.05) is 5.92 Å². The first-order chi connectivity index (χ1) is 6.69. The minimum Gasteiger partial charge on any atom is -0.495 e. The number of nitrogens with one attached hydrogen (secondary N) is 1. The highest BCUT2D eigenvalue weighted by Gasteiger charge is 2.05. The van der Waals surface area contributed by atoms with Crippen molar-refractivity contribution in [3.8, 4) is 18.1 Å². The number of halogens is 2. The van der Waals surface area contributed by atoms with Crippen LogP contribution in [0.1, 0.15) is 0 Å². The minimum absolute atomic E-state index is 0.489. The Morgan fingerprint density at radius 3 is 2.71 bits per heavy atom. The van der Waals surface area contributed by atoms with Crippen LogP contribution in [0.25, 0.3) is 0 Å². The lowest BCUT2D eigenvalue weighted by Gasteiger charge is -2.09. The molecule has 0 unspecified atom stereocenters. The average Bonchev–Trinajstić information content (AvgIpc) is 2.17. The zero-order valence-corrected chi connectivity index (χ0v) is 10.8. The molecule has 74 valence electrons. The highest BCUT2D eigenvalue weighted by atomic mass is 79.9. The molecule has 1 rings (SSSR count). The Bertz CT molecular complexity index is 371. The van der Waals surface area contributed by atoms with E-state index in [1.54, 1.807) is 7.11 Å². The first-order valence-electron chi connectivity index (χ1n) is 3.89. The lowest BCUT2D eigenvalue weighted by molar-refractivity contribution is 0.412. The lowest BCUT2D eigenvalue weighted by atomic mass is 10.3. The Morgan fingerprint density at radius 1 is 1.43 bits per heavy atom. The van der Waals surface area contributed by atoms with Gasteiger partial charge in [0.15, 0.2) is 0 Å². The number of ether oxygens (including phenoxy) is 1. The van der Waals surface area contributed by atoms with Crippen LogP contribution in [0.3, 0.4) is 0 Å². The molecule has 0 saturated heterocycles. The second kappa shape index (κ2) is 5.28. The van der Waals surface area contributed by atoms with Gasteiger partial charge in [0.05, 0.1) is 23.8 Å². The fourth-order valence-corrected chi connectivity index (χ4v) is 2.26. The third-order valence-corrected chi connectivity index (χ3v) is 2.90. The van der Waals surface area contributed by atoms with Gasteiger partial charge in [-0.25, -0.2) is 0 Å². The molecule has 0 radical (unpaired) electrons. The predicted octanol–water partition coefficient (Wildman–Crippen LogP) is 3.27. The number of anilines is 1. The topological polar surface area (TPSA) is 21.3 Å². The van der Waals surface area contributed by atoms with Crippen LogP contribution >= 0.6 is 31.9 Å². The molecular weight excluding hydrogens is 310 g/mol. The molecule has 0 spiro atoms. The van der Waals surface area contributed by atoms with Gasteiger partial charge in [-0.15, -0.1) is 6.42 Å². The van der Waals surface area contributed by atoms with Gasteiger partial charge in [0.25, 0.3) is 0 Å². The molecular formula is C10H9Br2NO. The van der Waals surface area contributed by atoms with Crippen molar-refractivity contribution in [3.63, 3.8) is 0 Å². The molecule has 0 aliphatic rings. The van der Waals surface area contributed by atoms with Crippen LogP contribution in [0.2, 0.25) is 0 Å². The summed E-state index contributed by atoms with van der Waals surface area (Å²) in [5.41, 5.74) is 0.919. The van der Waals surface area contributed by atoms with E-state index in [4.69, 9.17) is 11.2 Å². The third kappa shape index (κ3) is 2.66. The molecule has 0 fully saturated rings. The summed E-state index contributed by atoms with van der Waals surface area (Å²) in [7, 11) is 1.62. The van der Waals surface area contributed by atoms with E-state index < -0.39 is 0 Å². The van der Waals surface area contributed by atoms with Crippen LogP contribution in [-0.4, -0.2) is 13.7 Å². The standard InChI is InChI=1S/C10H9Br2NO/c1-3-4-13-9-6-10(14-2)8(12)5-7(9)11/h1,5-6,13H,4H2,2H3. The highest BCUT2D eigenvalue weighted by Crippen LogP contribution is 2.34. The van der Waals surface area contributed by atoms with Gasteiger partial charge in [0, 0.05) is 10.5 Å². The molecule has 0 atom stereocenters. The summed E-state index contributed by atoms with van der Waals surface area (Å²) in [6.45, 7) is 0.489. The zero-order chi connectivity index (χ0) is 10.6. The molecule has 1 aromatic carbocycles. The zero-order valence-electron chi connectivity index (χ0n) is 7.60. The van der Waals surface area contributed by atoms with Crippen LogP contribution in [0.5, 0.6) is 5.75 Å². The average molecular weight is 319 g/mol. The van der Waals surface area contributed by atoms with Gasteiger partial charge in [-0.2, -0.15) is 0 Å². The van der Waals surface area contributed by atoms with E-state index in [-0.39, 0.29) is 0 Å². The van der Waals surface area contributed by atoms with Crippen LogP contribution in [0, 0.1) is 12.3 Å². The monoisotopic (exact) mass is 317 g/mol. The van der Waals surface area contributed by atoms with Crippen LogP contribution in [0.15, 0.2) is 21.1 Å². The van der Waals surface area contributed by atoms with Gasteiger partial charge in [-0.05, 0) is 37.9 Å². The molecule has 0 bridgehead atoms. The number of benzene rings is 1. The summed E-state index contributed by atoms with van der Waals surface area (Å²) in [6.07, 6.45) is 5.16. The summed E-state index contributed by atoms with van der Waals surface area (Å²) in [6, 6.07) is 3.79. The summed E-state index contributed by atoms with van der Waals surface area (Å²) < 4.78 is 7.01. The molecule has 4 heteroatoms. The predicted molar refractivity (Wildman–Crippen MR) is 65.7 cm³/mol. The second-order valence-electron chi connectivity index (χ2n) is 2.52. The van der Waals surface area contributed by atoms with Crippen LogP contribution in [0.4, 0.5) is 5.69 Å². The van der Waals surface area contributed by atoms with Crippen LogP contribution in [-0.2, 0) is 0 Å². The molecule has 1 aromatic rings. The minimum atomic E-state index is 0.489. The van der Waals surface area contributed by atoms with E-state index in [1.807, 2.05) is 12.1 Å². The van der Waals surface area contributed by atoms with Crippen molar-refractivity contribution in [2.24, 2.45) is 0 Å². The largest absolute Gasteiger partial charge is 0.495 e. The van der Waals surface area contributed by atoms with Crippen molar-refractivity contribution in [1.82, 2.24) is 0 Å². The molecule has 2 nitrogen and oxygen atoms in total. The molecule has 0 aromatic heterocycles. The first-order valence-corrected chi connectivity index (χ1v) is 5.48. The quantitative estimate of drug-likeness (QED) is 0.864. The Morgan fingerprint density at radius 2 is 2.14 bits per heavy atom. The molecule has 0 amide bonds. The van der Waals surface area contributed by atoms with E-state index >= 15 is 0 Å². The SMILES string of the molecule is C#CCNc1cc(OC)c(Br)cc1Br. The smallest absolute Gasteiger partial charge is 0.135 e. The fraction of sp³-hybridized carbons (Fsp3) is 0.200. The molecule has 14 heavy (non-hydrogen) atoms. The molecule has 0 saturated carbocycles. The maximum absolute atomic E-state index is 5.16. The summed E-state index contributed by atoms with van der Waals surface area (Å²) >= 11 is 6.81. The van der Waals surface area contributed by atoms with E-state index in [9.17, 15) is 0 Å². The van der Waals surface area contributed by atoms with Crippen LogP contribution < -0.4 is 10.1 Å². The van der Waals surface area contributed by atoms with Crippen molar-refractivity contribution in [1.29, 1.82) is 0 Å². The lowest BCUT2D eigenvalue weighted by Crippen LogP contribution is -1.99. The van der Waals surface area contributed by atoms with Crippen molar-refractivity contribution in [2.45, 2.75) is 0 Å².